The number of aromatic nitrogens is 4. The van der Waals surface area contributed by atoms with Crippen LogP contribution in [-0.4, -0.2) is 19.5 Å². The Bertz CT molecular complexity index is 932. The van der Waals surface area contributed by atoms with Crippen molar-refractivity contribution in [1.82, 2.24) is 19.5 Å². The number of nitrogens with zero attached hydrogens (tertiary/aromatic N) is 4. The summed E-state index contributed by atoms with van der Waals surface area (Å²) in [7, 11) is 0. The molecule has 6 heteroatoms. The van der Waals surface area contributed by atoms with Crippen molar-refractivity contribution < 1.29 is 4.74 Å². The Morgan fingerprint density at radius 3 is 2.92 bits per heavy atom. The van der Waals surface area contributed by atoms with Crippen LogP contribution in [0.15, 0.2) is 36.7 Å². The first-order chi connectivity index (χ1) is 12.6. The van der Waals surface area contributed by atoms with Gasteiger partial charge in [-0.1, -0.05) is 18.2 Å². The van der Waals surface area contributed by atoms with Crippen LogP contribution in [0.3, 0.4) is 0 Å². The van der Waals surface area contributed by atoms with Gasteiger partial charge in [-0.05, 0) is 32.4 Å². The molecule has 4 rings (SSSR count). The van der Waals surface area contributed by atoms with Crippen LogP contribution in [0.2, 0.25) is 0 Å². The molecule has 3 aromatic rings. The number of nitrogens with one attached hydrogen (secondary N) is 1. The Labute approximate surface area is 153 Å². The lowest BCUT2D eigenvalue weighted by Crippen LogP contribution is -2.14. The highest BCUT2D eigenvalue weighted by molar-refractivity contribution is 5.52. The Morgan fingerprint density at radius 1 is 1.23 bits per heavy atom. The normalized spacial score (nSPS) is 12.9. The first-order valence-corrected chi connectivity index (χ1v) is 8.94. The second-order valence-electron chi connectivity index (χ2n) is 6.82. The standard InChI is InChI=1S/C20H23N5O/c1-13(2)25-9-8-21-19(25)11-22-20-16-10-15-6-4-5-7-18(15)26-12-17(16)23-14(3)24-20/h4-9,13H,10-12H2,1-3H3,(H,22,23,24). The van der Waals surface area contributed by atoms with Crippen molar-refractivity contribution in [1.29, 1.82) is 0 Å². The van der Waals surface area contributed by atoms with Crippen LogP contribution in [-0.2, 0) is 19.6 Å². The maximum Gasteiger partial charge on any atom is 0.134 e. The van der Waals surface area contributed by atoms with Gasteiger partial charge in [-0.3, -0.25) is 0 Å². The van der Waals surface area contributed by atoms with Gasteiger partial charge in [-0.15, -0.1) is 0 Å². The highest BCUT2D eigenvalue weighted by Gasteiger charge is 2.20. The molecule has 0 amide bonds. The van der Waals surface area contributed by atoms with Crippen LogP contribution in [0.5, 0.6) is 5.75 Å². The van der Waals surface area contributed by atoms with E-state index in [-0.39, 0.29) is 0 Å². The quantitative estimate of drug-likeness (QED) is 0.779. The van der Waals surface area contributed by atoms with Crippen LogP contribution in [0, 0.1) is 6.92 Å². The average molecular weight is 349 g/mol. The molecule has 2 aromatic heterocycles. The summed E-state index contributed by atoms with van der Waals surface area (Å²) in [6, 6.07) is 8.51. The van der Waals surface area contributed by atoms with Crippen LogP contribution in [0.1, 0.15) is 48.4 Å². The summed E-state index contributed by atoms with van der Waals surface area (Å²) in [6.45, 7) is 7.31. The van der Waals surface area contributed by atoms with Gasteiger partial charge in [0.15, 0.2) is 0 Å². The second-order valence-corrected chi connectivity index (χ2v) is 6.82. The first kappa shape index (κ1) is 16.6. The van der Waals surface area contributed by atoms with Crippen molar-refractivity contribution >= 4 is 5.82 Å². The predicted octanol–water partition coefficient (Wildman–Crippen LogP) is 3.66. The number of hydrogen-bond acceptors (Lipinski definition) is 5. The van der Waals surface area contributed by atoms with Crippen LogP contribution in [0.4, 0.5) is 5.82 Å². The largest absolute Gasteiger partial charge is 0.487 e. The molecule has 26 heavy (non-hydrogen) atoms. The van der Waals surface area contributed by atoms with Gasteiger partial charge in [0.1, 0.15) is 29.8 Å². The zero-order valence-electron chi connectivity index (χ0n) is 15.4. The van der Waals surface area contributed by atoms with E-state index in [1.54, 1.807) is 0 Å². The van der Waals surface area contributed by atoms with E-state index in [9.17, 15) is 0 Å². The van der Waals surface area contributed by atoms with Crippen molar-refractivity contribution in [3.63, 3.8) is 0 Å². The smallest absolute Gasteiger partial charge is 0.134 e. The SMILES string of the molecule is Cc1nc2c(c(NCc3nccn3C(C)C)n1)Cc1ccccc1OC2. The molecule has 0 unspecified atom stereocenters. The van der Waals surface area contributed by atoms with E-state index in [0.717, 1.165) is 46.5 Å². The molecular formula is C20H23N5O. The third kappa shape index (κ3) is 3.14. The van der Waals surface area contributed by atoms with Crippen LogP contribution < -0.4 is 10.1 Å². The van der Waals surface area contributed by atoms with Gasteiger partial charge in [-0.2, -0.15) is 0 Å². The van der Waals surface area contributed by atoms with E-state index in [0.29, 0.717) is 19.2 Å². The van der Waals surface area contributed by atoms with Gasteiger partial charge in [0.25, 0.3) is 0 Å². The predicted molar refractivity (Wildman–Crippen MR) is 100 cm³/mol. The number of hydrogen-bond donors (Lipinski definition) is 1. The zero-order chi connectivity index (χ0) is 18.1. The molecule has 0 fully saturated rings. The number of imidazole rings is 1. The monoisotopic (exact) mass is 349 g/mol. The van der Waals surface area contributed by atoms with Gasteiger partial charge in [0.2, 0.25) is 0 Å². The van der Waals surface area contributed by atoms with Crippen molar-refractivity contribution in [3.05, 3.63) is 65.1 Å². The summed E-state index contributed by atoms with van der Waals surface area (Å²) < 4.78 is 8.12. The first-order valence-electron chi connectivity index (χ1n) is 8.94. The molecule has 0 bridgehead atoms. The van der Waals surface area contributed by atoms with Gasteiger partial charge in [0.05, 0.1) is 12.2 Å². The fourth-order valence-corrected chi connectivity index (χ4v) is 3.35. The minimum Gasteiger partial charge on any atom is -0.487 e. The van der Waals surface area contributed by atoms with Crippen molar-refractivity contribution in [2.75, 3.05) is 5.32 Å². The number of para-hydroxylation sites is 1. The maximum absolute atomic E-state index is 5.95. The Hall–Kier alpha value is -2.89. The second kappa shape index (κ2) is 6.78. The molecule has 0 atom stereocenters. The summed E-state index contributed by atoms with van der Waals surface area (Å²) in [4.78, 5) is 13.7. The molecule has 3 heterocycles. The molecule has 6 nitrogen and oxygen atoms in total. The van der Waals surface area contributed by atoms with Crippen molar-refractivity contribution in [3.8, 4) is 5.75 Å². The molecule has 1 aliphatic heterocycles. The molecule has 0 spiro atoms. The highest BCUT2D eigenvalue weighted by Crippen LogP contribution is 2.30. The lowest BCUT2D eigenvalue weighted by Gasteiger charge is -2.15. The van der Waals surface area contributed by atoms with E-state index in [1.165, 1.54) is 0 Å². The van der Waals surface area contributed by atoms with Gasteiger partial charge in [0, 0.05) is 30.4 Å². The molecule has 0 aliphatic carbocycles. The number of rotatable bonds is 4. The lowest BCUT2D eigenvalue weighted by molar-refractivity contribution is 0.302. The Balaban J connectivity index is 1.65. The molecule has 1 aliphatic rings. The van der Waals surface area contributed by atoms with Crippen LogP contribution in [0.25, 0.3) is 0 Å². The number of anilines is 1. The summed E-state index contributed by atoms with van der Waals surface area (Å²) in [6.07, 6.45) is 4.61. The average Bonchev–Trinajstić information content (AvgIpc) is 3.02. The highest BCUT2D eigenvalue weighted by atomic mass is 16.5. The minimum atomic E-state index is 0.374. The summed E-state index contributed by atoms with van der Waals surface area (Å²) in [5.74, 6) is 3.53. The third-order valence-corrected chi connectivity index (χ3v) is 4.63. The van der Waals surface area contributed by atoms with Gasteiger partial charge >= 0.3 is 0 Å². The molecule has 0 saturated carbocycles. The summed E-state index contributed by atoms with van der Waals surface area (Å²) in [5.41, 5.74) is 3.21. The Morgan fingerprint density at radius 2 is 2.08 bits per heavy atom. The molecular weight excluding hydrogens is 326 g/mol. The fourth-order valence-electron chi connectivity index (χ4n) is 3.35. The van der Waals surface area contributed by atoms with E-state index in [2.05, 4.69) is 44.7 Å². The van der Waals surface area contributed by atoms with Crippen molar-refractivity contribution in [2.45, 2.75) is 46.4 Å². The zero-order valence-corrected chi connectivity index (χ0v) is 15.4. The fraction of sp³-hybridized carbons (Fsp3) is 0.350. The van der Waals surface area contributed by atoms with Crippen LogP contribution >= 0.6 is 0 Å². The summed E-state index contributed by atoms with van der Waals surface area (Å²) >= 11 is 0. The molecule has 1 aromatic carbocycles. The van der Waals surface area contributed by atoms with E-state index in [1.807, 2.05) is 37.5 Å². The van der Waals surface area contributed by atoms with E-state index in [4.69, 9.17) is 4.74 Å². The number of fused-ring (bicyclic) bond motifs is 2. The van der Waals surface area contributed by atoms with E-state index >= 15 is 0 Å². The van der Waals surface area contributed by atoms with Gasteiger partial charge < -0.3 is 14.6 Å². The number of ether oxygens (including phenoxy) is 1. The third-order valence-electron chi connectivity index (χ3n) is 4.63. The molecule has 0 radical (unpaired) electrons. The minimum absolute atomic E-state index is 0.374. The Kier molecular flexibility index (Phi) is 4.32. The maximum atomic E-state index is 5.95. The number of aryl methyl sites for hydroxylation is 1. The number of benzene rings is 1. The molecule has 0 saturated heterocycles. The summed E-state index contributed by atoms with van der Waals surface area (Å²) in [5, 5.41) is 3.48. The van der Waals surface area contributed by atoms with E-state index < -0.39 is 0 Å². The lowest BCUT2D eigenvalue weighted by atomic mass is 10.0. The molecule has 134 valence electrons. The topological polar surface area (TPSA) is 64.9 Å². The van der Waals surface area contributed by atoms with Gasteiger partial charge in [-0.25, -0.2) is 15.0 Å². The molecule has 1 N–H and O–H groups in total. The van der Waals surface area contributed by atoms with Crippen molar-refractivity contribution in [2.24, 2.45) is 0 Å².